The molecule has 2 saturated heterocycles. The first-order chi connectivity index (χ1) is 13.8. The largest absolute Gasteiger partial charge is 0.498 e. The number of likely N-dealkylation sites (tertiary alicyclic amines) is 1. The van der Waals surface area contributed by atoms with Gasteiger partial charge in [0.2, 0.25) is 0 Å². The minimum atomic E-state index is -2.76. The summed E-state index contributed by atoms with van der Waals surface area (Å²) in [4.78, 5) is 12.8. The molecule has 0 bridgehead atoms. The molecule has 1 aromatic heterocycles. The smallest absolute Gasteiger partial charge is 0.444 e. The highest BCUT2D eigenvalue weighted by Crippen LogP contribution is 2.40. The van der Waals surface area contributed by atoms with Crippen molar-refractivity contribution in [2.75, 3.05) is 0 Å². The van der Waals surface area contributed by atoms with E-state index in [0.29, 0.717) is 10.4 Å². The van der Waals surface area contributed by atoms with Crippen LogP contribution in [0.4, 0.5) is 4.79 Å². The normalized spacial score (nSPS) is 29.8. The monoisotopic (exact) mass is 435 g/mol. The van der Waals surface area contributed by atoms with Crippen LogP contribution >= 0.6 is 0 Å². The average molecular weight is 435 g/mol. The molecule has 170 valence electrons. The van der Waals surface area contributed by atoms with Gasteiger partial charge in [0, 0.05) is 30.7 Å². The zero-order valence-electron chi connectivity index (χ0n) is 19.1. The number of hydrogen-bond donors (Lipinski definition) is 3. The van der Waals surface area contributed by atoms with E-state index < -0.39 is 47.6 Å². The summed E-state index contributed by atoms with van der Waals surface area (Å²) in [5.74, 6) is -2.76. The van der Waals surface area contributed by atoms with E-state index in [9.17, 15) is 20.1 Å². The molecule has 2 fully saturated rings. The van der Waals surface area contributed by atoms with E-state index in [4.69, 9.17) is 21.9 Å². The van der Waals surface area contributed by atoms with Gasteiger partial charge in [0.25, 0.3) is 5.91 Å². The molecule has 0 saturated carbocycles. The number of aliphatic hydroxyl groups is 3. The molecule has 2 radical (unpaired) electrons. The van der Waals surface area contributed by atoms with Gasteiger partial charge in [-0.3, -0.25) is 4.68 Å². The third kappa shape index (κ3) is 4.63. The summed E-state index contributed by atoms with van der Waals surface area (Å²) in [6, 6.07) is -0.722. The molecule has 3 rings (SSSR count). The molecule has 0 spiro atoms. The molecule has 1 aromatic rings. The van der Waals surface area contributed by atoms with Crippen molar-refractivity contribution in [3.05, 3.63) is 12.4 Å². The molecule has 2 aliphatic rings. The zero-order chi connectivity index (χ0) is 23.6. The lowest BCUT2D eigenvalue weighted by Gasteiger charge is -2.50. The number of rotatable bonds is 2. The molecule has 10 nitrogen and oxygen atoms in total. The number of amides is 1. The molecule has 3 N–H and O–H groups in total. The summed E-state index contributed by atoms with van der Waals surface area (Å²) in [7, 11) is 5.27. The van der Waals surface area contributed by atoms with Crippen LogP contribution in [0.5, 0.6) is 0 Å². The van der Waals surface area contributed by atoms with Crippen molar-refractivity contribution in [3.63, 3.8) is 0 Å². The van der Waals surface area contributed by atoms with E-state index in [2.05, 4.69) is 5.10 Å². The Labute approximate surface area is 184 Å². The Bertz CT molecular complexity index is 814. The SMILES string of the molecule is [B]C1(O)CC(n2cc(B3OC(C)(C)C(C)(C)O3)cn2)CC(O)(O)N1C(=O)OC(C)(C)C. The average Bonchev–Trinajstić information content (AvgIpc) is 3.06. The number of hydrogen-bond acceptors (Lipinski definition) is 8. The lowest BCUT2D eigenvalue weighted by Crippen LogP contribution is -2.68. The summed E-state index contributed by atoms with van der Waals surface area (Å²) in [6.45, 7) is 12.6. The fourth-order valence-corrected chi connectivity index (χ4v) is 3.68. The first-order valence-corrected chi connectivity index (χ1v) is 10.2. The molecule has 2 aliphatic heterocycles. The second-order valence-electron chi connectivity index (χ2n) is 10.4. The van der Waals surface area contributed by atoms with Gasteiger partial charge >= 0.3 is 13.2 Å². The van der Waals surface area contributed by atoms with Crippen LogP contribution in [0.25, 0.3) is 0 Å². The van der Waals surface area contributed by atoms with E-state index in [1.807, 2.05) is 27.7 Å². The number of piperidine rings is 1. The maximum atomic E-state index is 12.5. The van der Waals surface area contributed by atoms with Crippen LogP contribution in [0.2, 0.25) is 0 Å². The van der Waals surface area contributed by atoms with Crippen LogP contribution < -0.4 is 5.46 Å². The fraction of sp³-hybridized carbons (Fsp3) is 0.789. The van der Waals surface area contributed by atoms with Crippen molar-refractivity contribution in [3.8, 4) is 0 Å². The topological polar surface area (TPSA) is 127 Å². The van der Waals surface area contributed by atoms with Gasteiger partial charge in [0.15, 0.2) is 0 Å². The van der Waals surface area contributed by atoms with E-state index in [-0.39, 0.29) is 12.8 Å². The van der Waals surface area contributed by atoms with Crippen LogP contribution in [0, 0.1) is 0 Å². The predicted octanol–water partition coefficient (Wildman–Crippen LogP) is 0.207. The van der Waals surface area contributed by atoms with Gasteiger partial charge in [-0.15, -0.1) is 0 Å². The minimum Gasteiger partial charge on any atom is -0.444 e. The highest BCUT2D eigenvalue weighted by atomic mass is 16.7. The molecule has 2 unspecified atom stereocenters. The van der Waals surface area contributed by atoms with Crippen LogP contribution in [-0.2, 0) is 14.0 Å². The van der Waals surface area contributed by atoms with Crippen molar-refractivity contribution in [2.24, 2.45) is 0 Å². The molecular weight excluding hydrogens is 404 g/mol. The molecule has 1 amide bonds. The van der Waals surface area contributed by atoms with Crippen LogP contribution in [0.15, 0.2) is 12.4 Å². The van der Waals surface area contributed by atoms with Crippen molar-refractivity contribution in [1.29, 1.82) is 0 Å². The van der Waals surface area contributed by atoms with Gasteiger partial charge in [0.1, 0.15) is 19.1 Å². The summed E-state index contributed by atoms with van der Waals surface area (Å²) in [5.41, 5.74) is -3.72. The second kappa shape index (κ2) is 7.21. The fourth-order valence-electron chi connectivity index (χ4n) is 3.68. The molecule has 0 aromatic carbocycles. The van der Waals surface area contributed by atoms with Crippen LogP contribution in [-0.4, -0.2) is 79.4 Å². The number of carbonyl (C=O) groups is 1. The van der Waals surface area contributed by atoms with Gasteiger partial charge in [-0.05, 0) is 48.5 Å². The van der Waals surface area contributed by atoms with Crippen LogP contribution in [0.1, 0.15) is 67.3 Å². The Kier molecular flexibility index (Phi) is 5.60. The van der Waals surface area contributed by atoms with Crippen molar-refractivity contribution < 1.29 is 34.2 Å². The summed E-state index contributed by atoms with van der Waals surface area (Å²) in [5, 5.41) is 36.1. The number of nitrogens with zero attached hydrogens (tertiary/aromatic N) is 3. The van der Waals surface area contributed by atoms with Crippen molar-refractivity contribution in [1.82, 2.24) is 14.7 Å². The molecular formula is C19H31B2N3O7. The van der Waals surface area contributed by atoms with Gasteiger partial charge in [-0.1, -0.05) is 0 Å². The van der Waals surface area contributed by atoms with E-state index >= 15 is 0 Å². The minimum absolute atomic E-state index is 0.209. The van der Waals surface area contributed by atoms with E-state index in [0.717, 1.165) is 0 Å². The maximum Gasteiger partial charge on any atom is 0.498 e. The molecule has 31 heavy (non-hydrogen) atoms. The lowest BCUT2D eigenvalue weighted by molar-refractivity contribution is -0.320. The Hall–Kier alpha value is -1.59. The van der Waals surface area contributed by atoms with Gasteiger partial charge in [-0.2, -0.15) is 5.10 Å². The lowest BCUT2D eigenvalue weighted by atomic mass is 9.78. The Balaban J connectivity index is 1.80. The Morgan fingerprint density at radius 1 is 1.19 bits per heavy atom. The molecule has 2 atom stereocenters. The van der Waals surface area contributed by atoms with Gasteiger partial charge in [0.05, 0.1) is 17.2 Å². The Morgan fingerprint density at radius 2 is 1.74 bits per heavy atom. The quantitative estimate of drug-likeness (QED) is 0.445. The molecule has 12 heteroatoms. The standard InChI is InChI=1S/C19H31B2N3O7/c1-15(2,3)29-14(25)24-18(20,26)8-13(9-19(24,27)28)23-11-12(10-22-23)21-30-16(4,5)17(6,7)31-21/h10-11,13,26-28H,8-9H2,1-7H3. The molecule has 3 heterocycles. The molecule has 0 aliphatic carbocycles. The second-order valence-corrected chi connectivity index (χ2v) is 10.4. The first kappa shape index (κ1) is 24.1. The maximum absolute atomic E-state index is 12.5. The number of ether oxygens (including phenoxy) is 1. The van der Waals surface area contributed by atoms with Crippen LogP contribution in [0.3, 0.4) is 0 Å². The Morgan fingerprint density at radius 3 is 2.23 bits per heavy atom. The third-order valence-electron chi connectivity index (χ3n) is 5.89. The van der Waals surface area contributed by atoms with E-state index in [1.165, 1.54) is 4.68 Å². The summed E-state index contributed by atoms with van der Waals surface area (Å²) >= 11 is 0. The van der Waals surface area contributed by atoms with E-state index in [1.54, 1.807) is 33.2 Å². The first-order valence-electron chi connectivity index (χ1n) is 10.2. The summed E-state index contributed by atoms with van der Waals surface area (Å²) < 4.78 is 18.6. The predicted molar refractivity (Wildman–Crippen MR) is 112 cm³/mol. The zero-order valence-corrected chi connectivity index (χ0v) is 19.1. The van der Waals surface area contributed by atoms with Crippen molar-refractivity contribution >= 4 is 26.5 Å². The van der Waals surface area contributed by atoms with Crippen molar-refractivity contribution in [2.45, 2.75) is 95.7 Å². The number of carbonyl (C=O) groups excluding carboxylic acids is 1. The van der Waals surface area contributed by atoms with Gasteiger partial charge < -0.3 is 29.4 Å². The highest BCUT2D eigenvalue weighted by Gasteiger charge is 2.55. The third-order valence-corrected chi connectivity index (χ3v) is 5.89. The van der Waals surface area contributed by atoms with Gasteiger partial charge in [-0.25, -0.2) is 9.69 Å². The number of aromatic nitrogens is 2. The summed E-state index contributed by atoms with van der Waals surface area (Å²) in [6.07, 6.45) is 1.49. The highest BCUT2D eigenvalue weighted by molar-refractivity contribution is 6.62.